The van der Waals surface area contributed by atoms with Crippen molar-refractivity contribution in [2.75, 3.05) is 12.0 Å². The normalized spacial score (nSPS) is 12.9. The maximum Gasteiger partial charge on any atom is 0.303 e. The van der Waals surface area contributed by atoms with Crippen LogP contribution in [0.15, 0.2) is 27.6 Å². The number of thiazole rings is 1. The molecule has 0 saturated carbocycles. The van der Waals surface area contributed by atoms with E-state index in [1.54, 1.807) is 30.1 Å². The summed E-state index contributed by atoms with van der Waals surface area (Å²) in [5, 5.41) is 4.95. The number of hydrogen-bond acceptors (Lipinski definition) is 8. The Bertz CT molecular complexity index is 1160. The largest absolute Gasteiger partial charge is 0.610 e. The van der Waals surface area contributed by atoms with Crippen LogP contribution in [-0.4, -0.2) is 40.1 Å². The summed E-state index contributed by atoms with van der Waals surface area (Å²) in [4.78, 5) is 25.2. The van der Waals surface area contributed by atoms with Gasteiger partial charge in [0.05, 0.1) is 23.1 Å². The van der Waals surface area contributed by atoms with E-state index in [4.69, 9.17) is 5.73 Å². The van der Waals surface area contributed by atoms with E-state index < -0.39 is 11.2 Å². The number of aromatic nitrogens is 6. The number of aryl methyl sites for hydroxylation is 1. The smallest absolute Gasteiger partial charge is 0.303 e. The van der Waals surface area contributed by atoms with Crippen molar-refractivity contribution in [1.29, 1.82) is 0 Å². The van der Waals surface area contributed by atoms with Crippen LogP contribution in [-0.2, 0) is 24.8 Å². The highest BCUT2D eigenvalue weighted by atomic mass is 32.2. The average molecular weight is 375 g/mol. The molecule has 25 heavy (non-hydrogen) atoms. The van der Waals surface area contributed by atoms with Crippen LogP contribution in [0, 0.1) is 0 Å². The molecule has 0 aliphatic rings. The number of nitrogen functional groups attached to an aromatic ring is 1. The van der Waals surface area contributed by atoms with Gasteiger partial charge in [0.2, 0.25) is 5.95 Å². The first-order chi connectivity index (χ1) is 12.0. The molecule has 0 spiro atoms. The lowest BCUT2D eigenvalue weighted by atomic mass is 10.3. The summed E-state index contributed by atoms with van der Waals surface area (Å²) in [5.74, 6) is 0.148. The molecule has 0 radical (unpaired) electrons. The number of fused-ring (bicyclic) bond motifs is 3. The van der Waals surface area contributed by atoms with Crippen molar-refractivity contribution in [3.63, 3.8) is 0 Å². The fourth-order valence-electron chi connectivity index (χ4n) is 2.66. The molecular formula is C14H13N7O2S2. The monoisotopic (exact) mass is 375 g/mol. The molecule has 0 aromatic carbocycles. The van der Waals surface area contributed by atoms with Crippen molar-refractivity contribution in [3.8, 4) is 0 Å². The Morgan fingerprint density at radius 3 is 2.92 bits per heavy atom. The van der Waals surface area contributed by atoms with Crippen LogP contribution < -0.4 is 11.3 Å². The molecule has 4 aromatic heterocycles. The van der Waals surface area contributed by atoms with Crippen molar-refractivity contribution in [2.24, 2.45) is 7.05 Å². The fraction of sp³-hybridized carbons (Fsp3) is 0.214. The van der Waals surface area contributed by atoms with E-state index in [-0.39, 0.29) is 18.1 Å². The van der Waals surface area contributed by atoms with Gasteiger partial charge in [-0.2, -0.15) is 10.1 Å². The quantitative estimate of drug-likeness (QED) is 0.516. The van der Waals surface area contributed by atoms with Gasteiger partial charge in [0.1, 0.15) is 11.8 Å². The van der Waals surface area contributed by atoms with E-state index in [1.165, 1.54) is 22.2 Å². The standard InChI is InChI=1S/C14H13N7O2S2/c1-20-9-8(10-11(20)19-14(24-10)25(2)23)5-17-21(12(9)22)6-7-3-4-16-13(15)18-7/h3-5H,6H2,1-2H3,(H2,15,16,18). The third kappa shape index (κ3) is 2.56. The van der Waals surface area contributed by atoms with Crippen LogP contribution in [0.5, 0.6) is 0 Å². The van der Waals surface area contributed by atoms with Gasteiger partial charge < -0.3 is 14.9 Å². The lowest BCUT2D eigenvalue weighted by Crippen LogP contribution is -2.25. The average Bonchev–Trinajstić information content (AvgIpc) is 3.10. The molecule has 0 aliphatic carbocycles. The highest BCUT2D eigenvalue weighted by molar-refractivity contribution is 7.92. The highest BCUT2D eigenvalue weighted by Crippen LogP contribution is 2.32. The zero-order chi connectivity index (χ0) is 17.7. The first-order valence-electron chi connectivity index (χ1n) is 7.21. The zero-order valence-electron chi connectivity index (χ0n) is 13.3. The molecule has 11 heteroatoms. The summed E-state index contributed by atoms with van der Waals surface area (Å²) in [6, 6.07) is 1.68. The van der Waals surface area contributed by atoms with E-state index in [1.807, 2.05) is 0 Å². The molecule has 2 N–H and O–H groups in total. The van der Waals surface area contributed by atoms with Gasteiger partial charge in [0.25, 0.3) is 5.56 Å². The number of rotatable bonds is 3. The lowest BCUT2D eigenvalue weighted by Gasteiger charge is -2.05. The molecule has 4 heterocycles. The van der Waals surface area contributed by atoms with Crippen LogP contribution in [0.4, 0.5) is 5.95 Å². The summed E-state index contributed by atoms with van der Waals surface area (Å²) in [6.07, 6.45) is 4.75. The van der Waals surface area contributed by atoms with Crippen LogP contribution in [0.25, 0.3) is 21.3 Å². The lowest BCUT2D eigenvalue weighted by molar-refractivity contribution is 0.600. The van der Waals surface area contributed by atoms with Crippen LogP contribution in [0.3, 0.4) is 0 Å². The Balaban J connectivity index is 1.88. The first kappa shape index (κ1) is 16.0. The number of hydrogen-bond donors (Lipinski definition) is 1. The Labute approximate surface area is 148 Å². The van der Waals surface area contributed by atoms with Crippen LogP contribution >= 0.6 is 11.3 Å². The summed E-state index contributed by atoms with van der Waals surface area (Å²) >= 11 is 0.153. The predicted molar refractivity (Wildman–Crippen MR) is 96.0 cm³/mol. The third-order valence-corrected chi connectivity index (χ3v) is 6.21. The van der Waals surface area contributed by atoms with Gasteiger partial charge in [-0.05, 0) is 6.07 Å². The summed E-state index contributed by atoms with van der Waals surface area (Å²) in [5.41, 5.74) is 7.05. The van der Waals surface area contributed by atoms with E-state index in [0.29, 0.717) is 26.6 Å². The Hall–Kier alpha value is -2.50. The van der Waals surface area contributed by atoms with Gasteiger partial charge in [-0.3, -0.25) is 4.79 Å². The first-order valence-corrected chi connectivity index (χ1v) is 9.59. The Morgan fingerprint density at radius 2 is 2.20 bits per heavy atom. The second-order valence-corrected chi connectivity index (χ2v) is 7.97. The number of nitrogens with two attached hydrogens (primary N) is 1. The fourth-order valence-corrected chi connectivity index (χ4v) is 4.43. The molecule has 1 unspecified atom stereocenters. The summed E-state index contributed by atoms with van der Waals surface area (Å²) in [6.45, 7) is 0.192. The van der Waals surface area contributed by atoms with E-state index in [9.17, 15) is 9.35 Å². The second-order valence-electron chi connectivity index (χ2n) is 5.42. The summed E-state index contributed by atoms with van der Waals surface area (Å²) in [7, 11) is 1.77. The van der Waals surface area contributed by atoms with Gasteiger partial charge in [-0.1, -0.05) is 11.3 Å². The second kappa shape index (κ2) is 5.79. The molecule has 4 rings (SSSR count). The molecule has 9 nitrogen and oxygen atoms in total. The van der Waals surface area contributed by atoms with Gasteiger partial charge in [-0.25, -0.2) is 14.6 Å². The molecular weight excluding hydrogens is 362 g/mol. The maximum absolute atomic E-state index is 12.8. The molecule has 4 aromatic rings. The van der Waals surface area contributed by atoms with Crippen LogP contribution in [0.1, 0.15) is 5.69 Å². The van der Waals surface area contributed by atoms with E-state index >= 15 is 0 Å². The molecule has 0 saturated heterocycles. The van der Waals surface area contributed by atoms with Crippen LogP contribution in [0.2, 0.25) is 0 Å². The Morgan fingerprint density at radius 1 is 1.40 bits per heavy atom. The molecule has 0 fully saturated rings. The van der Waals surface area contributed by atoms with Gasteiger partial charge in [0.15, 0.2) is 5.65 Å². The van der Waals surface area contributed by atoms with E-state index in [0.717, 1.165) is 4.70 Å². The van der Waals surface area contributed by atoms with Crippen molar-refractivity contribution in [1.82, 2.24) is 29.3 Å². The van der Waals surface area contributed by atoms with Crippen molar-refractivity contribution < 1.29 is 4.55 Å². The van der Waals surface area contributed by atoms with Gasteiger partial charge in [-0.15, -0.1) is 0 Å². The zero-order valence-corrected chi connectivity index (χ0v) is 15.0. The molecule has 0 aliphatic heterocycles. The molecule has 0 amide bonds. The third-order valence-electron chi connectivity index (χ3n) is 3.80. The minimum Gasteiger partial charge on any atom is -0.610 e. The van der Waals surface area contributed by atoms with Gasteiger partial charge in [0, 0.05) is 29.8 Å². The minimum atomic E-state index is -1.17. The SMILES string of the molecule is Cn1c2nc([S+](C)[O-])sc2c2cnn(Cc3ccnc(N)n3)c(=O)c21. The highest BCUT2D eigenvalue weighted by Gasteiger charge is 2.21. The Kier molecular flexibility index (Phi) is 3.71. The van der Waals surface area contributed by atoms with Crippen molar-refractivity contribution >= 4 is 49.7 Å². The molecule has 128 valence electrons. The number of nitrogens with zero attached hydrogens (tertiary/aromatic N) is 6. The van der Waals surface area contributed by atoms with Gasteiger partial charge >= 0.3 is 4.34 Å². The topological polar surface area (TPSA) is 128 Å². The maximum atomic E-state index is 12.8. The van der Waals surface area contributed by atoms with Crippen molar-refractivity contribution in [3.05, 3.63) is 34.5 Å². The number of anilines is 1. The van der Waals surface area contributed by atoms with E-state index in [2.05, 4.69) is 20.1 Å². The predicted octanol–water partition coefficient (Wildman–Crippen LogP) is 0.503. The van der Waals surface area contributed by atoms with Crippen molar-refractivity contribution in [2.45, 2.75) is 10.9 Å². The minimum absolute atomic E-state index is 0.148. The summed E-state index contributed by atoms with van der Waals surface area (Å²) < 4.78 is 16.0. The molecule has 1 atom stereocenters. The molecule has 0 bridgehead atoms.